The van der Waals surface area contributed by atoms with Crippen LogP contribution in [0, 0.1) is 5.92 Å². The number of fused-ring (bicyclic) bond motifs is 1. The number of methoxy groups -OCH3 is 1. The van der Waals surface area contributed by atoms with Crippen LogP contribution in [0.4, 0.5) is 11.4 Å². The van der Waals surface area contributed by atoms with Crippen LogP contribution in [0.5, 0.6) is 0 Å². The van der Waals surface area contributed by atoms with Crippen molar-refractivity contribution in [1.82, 2.24) is 4.98 Å². The van der Waals surface area contributed by atoms with Crippen LogP contribution in [0.2, 0.25) is 0 Å². The molecular formula is C16H21N3O. The van der Waals surface area contributed by atoms with Gasteiger partial charge in [0.1, 0.15) is 0 Å². The molecule has 0 radical (unpaired) electrons. The van der Waals surface area contributed by atoms with Crippen LogP contribution < -0.4 is 10.6 Å². The van der Waals surface area contributed by atoms with E-state index < -0.39 is 0 Å². The van der Waals surface area contributed by atoms with Crippen LogP contribution in [0.15, 0.2) is 30.5 Å². The molecule has 1 aliphatic rings. The predicted octanol–water partition coefficient (Wildman–Crippen LogP) is 2.68. The first-order valence-corrected chi connectivity index (χ1v) is 7.11. The van der Waals surface area contributed by atoms with Crippen molar-refractivity contribution in [1.29, 1.82) is 0 Å². The molecule has 1 aromatic heterocycles. The number of hydrogen-bond donors (Lipinski definition) is 1. The van der Waals surface area contributed by atoms with Gasteiger partial charge in [0.15, 0.2) is 0 Å². The number of aromatic nitrogens is 1. The summed E-state index contributed by atoms with van der Waals surface area (Å²) in [5, 5.41) is 1.12. The molecular weight excluding hydrogens is 250 g/mol. The second-order valence-corrected chi connectivity index (χ2v) is 5.57. The molecule has 0 amide bonds. The molecule has 1 saturated heterocycles. The van der Waals surface area contributed by atoms with Crippen molar-refractivity contribution in [2.75, 3.05) is 30.8 Å². The minimum absolute atomic E-state index is 0.259. The minimum Gasteiger partial charge on any atom is -0.396 e. The molecule has 0 aliphatic carbocycles. The van der Waals surface area contributed by atoms with Gasteiger partial charge in [-0.15, -0.1) is 0 Å². The number of piperidine rings is 1. The molecule has 0 saturated carbocycles. The van der Waals surface area contributed by atoms with Gasteiger partial charge in [-0.25, -0.2) is 0 Å². The lowest BCUT2D eigenvalue weighted by Gasteiger charge is -2.38. The standard InChI is InChI=1S/C16H21N3O/c1-11-7-8-19(10-15(11)20-2)16-12-5-3-4-6-14(12)18-9-13(16)17/h3-6,9,11,15H,7-8,10,17H2,1-2H3. The first-order chi connectivity index (χ1) is 9.70. The van der Waals surface area contributed by atoms with Crippen molar-refractivity contribution >= 4 is 22.3 Å². The van der Waals surface area contributed by atoms with E-state index in [0.717, 1.165) is 41.8 Å². The molecule has 0 spiro atoms. The average molecular weight is 271 g/mol. The zero-order valence-electron chi connectivity index (χ0n) is 12.0. The van der Waals surface area contributed by atoms with Gasteiger partial charge in [-0.2, -0.15) is 0 Å². The first kappa shape index (κ1) is 13.2. The summed E-state index contributed by atoms with van der Waals surface area (Å²) in [6.07, 6.45) is 3.14. The lowest BCUT2D eigenvalue weighted by atomic mass is 9.95. The number of benzene rings is 1. The van der Waals surface area contributed by atoms with Gasteiger partial charge in [0.05, 0.1) is 29.2 Å². The van der Waals surface area contributed by atoms with Gasteiger partial charge in [-0.1, -0.05) is 25.1 Å². The van der Waals surface area contributed by atoms with E-state index in [1.54, 1.807) is 13.3 Å². The Balaban J connectivity index is 2.03. The summed E-state index contributed by atoms with van der Waals surface area (Å²) in [4.78, 5) is 6.75. The number of para-hydroxylation sites is 1. The highest BCUT2D eigenvalue weighted by Crippen LogP contribution is 2.34. The van der Waals surface area contributed by atoms with E-state index in [2.05, 4.69) is 22.9 Å². The Morgan fingerprint density at radius 2 is 2.15 bits per heavy atom. The fourth-order valence-corrected chi connectivity index (χ4v) is 3.04. The van der Waals surface area contributed by atoms with E-state index in [1.165, 1.54) is 0 Å². The second kappa shape index (κ2) is 5.29. The molecule has 2 unspecified atom stereocenters. The Morgan fingerprint density at radius 3 is 2.95 bits per heavy atom. The first-order valence-electron chi connectivity index (χ1n) is 7.11. The molecule has 20 heavy (non-hydrogen) atoms. The van der Waals surface area contributed by atoms with Crippen molar-refractivity contribution < 1.29 is 4.74 Å². The summed E-state index contributed by atoms with van der Waals surface area (Å²) in [6, 6.07) is 8.16. The highest BCUT2D eigenvalue weighted by atomic mass is 16.5. The van der Waals surface area contributed by atoms with Crippen molar-refractivity contribution in [2.45, 2.75) is 19.4 Å². The Hall–Kier alpha value is -1.81. The Bertz CT molecular complexity index is 614. The Morgan fingerprint density at radius 1 is 1.35 bits per heavy atom. The van der Waals surface area contributed by atoms with Gasteiger partial charge in [-0.3, -0.25) is 4.98 Å². The molecule has 2 heterocycles. The number of rotatable bonds is 2. The zero-order chi connectivity index (χ0) is 14.1. The zero-order valence-corrected chi connectivity index (χ0v) is 12.0. The van der Waals surface area contributed by atoms with Gasteiger partial charge >= 0.3 is 0 Å². The molecule has 0 bridgehead atoms. The highest BCUT2D eigenvalue weighted by Gasteiger charge is 2.27. The molecule has 1 aromatic carbocycles. The normalized spacial score (nSPS) is 23.2. The summed E-state index contributed by atoms with van der Waals surface area (Å²) in [5.41, 5.74) is 9.03. The van der Waals surface area contributed by atoms with Crippen LogP contribution in [-0.2, 0) is 4.74 Å². The molecule has 4 heteroatoms. The average Bonchev–Trinajstić information content (AvgIpc) is 2.48. The van der Waals surface area contributed by atoms with E-state index in [-0.39, 0.29) is 6.10 Å². The number of nitrogens with zero attached hydrogens (tertiary/aromatic N) is 2. The molecule has 2 N–H and O–H groups in total. The predicted molar refractivity (Wildman–Crippen MR) is 82.9 cm³/mol. The Kier molecular flexibility index (Phi) is 3.49. The second-order valence-electron chi connectivity index (χ2n) is 5.57. The van der Waals surface area contributed by atoms with Gasteiger partial charge in [0.25, 0.3) is 0 Å². The van der Waals surface area contributed by atoms with Crippen LogP contribution in [0.25, 0.3) is 10.9 Å². The molecule has 1 aliphatic heterocycles. The fourth-order valence-electron chi connectivity index (χ4n) is 3.04. The molecule has 1 fully saturated rings. The summed E-state index contributed by atoms with van der Waals surface area (Å²) in [7, 11) is 1.79. The number of pyridine rings is 1. The third-order valence-electron chi connectivity index (χ3n) is 4.28. The van der Waals surface area contributed by atoms with Crippen LogP contribution >= 0.6 is 0 Å². The van der Waals surface area contributed by atoms with E-state index in [1.807, 2.05) is 18.2 Å². The van der Waals surface area contributed by atoms with Crippen LogP contribution in [0.3, 0.4) is 0 Å². The molecule has 2 atom stereocenters. The summed E-state index contributed by atoms with van der Waals surface area (Å²) >= 11 is 0. The van der Waals surface area contributed by atoms with Gasteiger partial charge < -0.3 is 15.4 Å². The van der Waals surface area contributed by atoms with Crippen molar-refractivity contribution in [3.05, 3.63) is 30.5 Å². The highest BCUT2D eigenvalue weighted by molar-refractivity contribution is 5.97. The maximum Gasteiger partial charge on any atom is 0.0772 e. The van der Waals surface area contributed by atoms with E-state index in [9.17, 15) is 0 Å². The van der Waals surface area contributed by atoms with Gasteiger partial charge in [-0.05, 0) is 18.4 Å². The minimum atomic E-state index is 0.259. The maximum absolute atomic E-state index is 6.19. The molecule has 2 aromatic rings. The molecule has 3 rings (SSSR count). The lowest BCUT2D eigenvalue weighted by Crippen LogP contribution is -2.44. The molecule has 106 valence electrons. The number of nitrogen functional groups attached to an aromatic ring is 1. The quantitative estimate of drug-likeness (QED) is 0.912. The Labute approximate surface area is 119 Å². The van der Waals surface area contributed by atoms with Crippen molar-refractivity contribution in [3.63, 3.8) is 0 Å². The summed E-state index contributed by atoms with van der Waals surface area (Å²) in [6.45, 7) is 4.15. The molecule has 4 nitrogen and oxygen atoms in total. The largest absolute Gasteiger partial charge is 0.396 e. The monoisotopic (exact) mass is 271 g/mol. The topological polar surface area (TPSA) is 51.4 Å². The van der Waals surface area contributed by atoms with E-state index >= 15 is 0 Å². The number of nitrogens with two attached hydrogens (primary N) is 1. The lowest BCUT2D eigenvalue weighted by molar-refractivity contribution is 0.0499. The SMILES string of the molecule is COC1CN(c2c(N)cnc3ccccc23)CCC1C. The van der Waals surface area contributed by atoms with Crippen LogP contribution in [0.1, 0.15) is 13.3 Å². The summed E-state index contributed by atoms with van der Waals surface area (Å²) in [5.74, 6) is 0.588. The number of anilines is 2. The fraction of sp³-hybridized carbons (Fsp3) is 0.438. The van der Waals surface area contributed by atoms with Crippen molar-refractivity contribution in [2.24, 2.45) is 5.92 Å². The van der Waals surface area contributed by atoms with E-state index in [0.29, 0.717) is 5.92 Å². The summed E-state index contributed by atoms with van der Waals surface area (Å²) < 4.78 is 5.61. The number of ether oxygens (including phenoxy) is 1. The van der Waals surface area contributed by atoms with E-state index in [4.69, 9.17) is 10.5 Å². The maximum atomic E-state index is 6.19. The number of hydrogen-bond acceptors (Lipinski definition) is 4. The third-order valence-corrected chi connectivity index (χ3v) is 4.28. The van der Waals surface area contributed by atoms with Gasteiger partial charge in [0, 0.05) is 25.6 Å². The van der Waals surface area contributed by atoms with Crippen molar-refractivity contribution in [3.8, 4) is 0 Å². The van der Waals surface area contributed by atoms with Gasteiger partial charge in [0.2, 0.25) is 0 Å². The smallest absolute Gasteiger partial charge is 0.0772 e. The van der Waals surface area contributed by atoms with Crippen LogP contribution in [-0.4, -0.2) is 31.3 Å². The third kappa shape index (κ3) is 2.20.